The molecule has 0 spiro atoms. The van der Waals surface area contributed by atoms with E-state index in [4.69, 9.17) is 4.74 Å². The normalized spacial score (nSPS) is 13.1. The van der Waals surface area contributed by atoms with Gasteiger partial charge in [0.25, 0.3) is 5.56 Å². The quantitative estimate of drug-likeness (QED) is 0.700. The van der Waals surface area contributed by atoms with E-state index in [1.165, 1.54) is 11.1 Å². The highest BCUT2D eigenvalue weighted by atomic mass is 16.5. The van der Waals surface area contributed by atoms with E-state index in [0.717, 1.165) is 56.0 Å². The van der Waals surface area contributed by atoms with Gasteiger partial charge in [-0.1, -0.05) is 31.2 Å². The van der Waals surface area contributed by atoms with E-state index in [9.17, 15) is 4.79 Å². The molecule has 0 saturated carbocycles. The van der Waals surface area contributed by atoms with Gasteiger partial charge in [0, 0.05) is 6.42 Å². The third-order valence-electron chi connectivity index (χ3n) is 5.18. The molecule has 0 fully saturated rings. The molecule has 1 N–H and O–H groups in total. The Hall–Kier alpha value is -2.66. The number of benzene rings is 2. The van der Waals surface area contributed by atoms with Crippen molar-refractivity contribution in [3.8, 4) is 5.75 Å². The number of nitrogens with one attached hydrogen (secondary N) is 1. The zero-order chi connectivity index (χ0) is 18.6. The van der Waals surface area contributed by atoms with Crippen LogP contribution in [-0.4, -0.2) is 34.6 Å². The molecule has 1 aromatic heterocycles. The predicted molar refractivity (Wildman–Crippen MR) is 107 cm³/mol. The van der Waals surface area contributed by atoms with Gasteiger partial charge in [0.1, 0.15) is 11.6 Å². The van der Waals surface area contributed by atoms with E-state index in [2.05, 4.69) is 40.0 Å². The van der Waals surface area contributed by atoms with Gasteiger partial charge in [-0.25, -0.2) is 4.98 Å². The second-order valence-corrected chi connectivity index (χ2v) is 7.04. The van der Waals surface area contributed by atoms with Crippen LogP contribution in [0.3, 0.4) is 0 Å². The van der Waals surface area contributed by atoms with Crippen LogP contribution in [0.5, 0.6) is 5.75 Å². The fourth-order valence-corrected chi connectivity index (χ4v) is 3.67. The number of ether oxygens (including phenoxy) is 1. The monoisotopic (exact) mass is 363 g/mol. The lowest BCUT2D eigenvalue weighted by atomic mass is 10.0. The lowest BCUT2D eigenvalue weighted by Gasteiger charge is -2.20. The van der Waals surface area contributed by atoms with Crippen molar-refractivity contribution >= 4 is 10.9 Å². The van der Waals surface area contributed by atoms with Crippen molar-refractivity contribution in [3.05, 3.63) is 69.8 Å². The highest BCUT2D eigenvalue weighted by Crippen LogP contribution is 2.26. The largest absolute Gasteiger partial charge is 0.493 e. The molecular formula is C22H25N3O2. The number of hydrogen-bond acceptors (Lipinski definition) is 4. The highest BCUT2D eigenvalue weighted by Gasteiger charge is 2.12. The Morgan fingerprint density at radius 2 is 2.11 bits per heavy atom. The van der Waals surface area contributed by atoms with Crippen LogP contribution >= 0.6 is 0 Å². The van der Waals surface area contributed by atoms with Crippen LogP contribution in [0.4, 0.5) is 0 Å². The lowest BCUT2D eigenvalue weighted by Crippen LogP contribution is -2.27. The summed E-state index contributed by atoms with van der Waals surface area (Å²) in [5.41, 5.74) is 3.39. The molecule has 0 bridgehead atoms. The van der Waals surface area contributed by atoms with Crippen molar-refractivity contribution in [2.75, 3.05) is 19.7 Å². The van der Waals surface area contributed by atoms with Crippen LogP contribution in [-0.2, 0) is 19.4 Å². The summed E-state index contributed by atoms with van der Waals surface area (Å²) in [6.07, 6.45) is 3.14. The molecule has 0 atom stereocenters. The van der Waals surface area contributed by atoms with Crippen LogP contribution in [0.2, 0.25) is 0 Å². The summed E-state index contributed by atoms with van der Waals surface area (Å²) in [6, 6.07) is 14.0. The SMILES string of the molecule is CCN(CCCc1ccc2c(c1)CCO2)Cc1nc2ccccc2c(=O)[nH]1. The first-order valence-corrected chi connectivity index (χ1v) is 9.68. The molecule has 1 aliphatic rings. The van der Waals surface area contributed by atoms with Crippen LogP contribution < -0.4 is 10.3 Å². The molecule has 0 aliphatic carbocycles. The minimum Gasteiger partial charge on any atom is -0.493 e. The number of H-pyrrole nitrogens is 1. The molecule has 3 aromatic rings. The summed E-state index contributed by atoms with van der Waals surface area (Å²) < 4.78 is 5.58. The number of hydrogen-bond donors (Lipinski definition) is 1. The molecule has 5 heteroatoms. The average molecular weight is 363 g/mol. The van der Waals surface area contributed by atoms with Gasteiger partial charge < -0.3 is 9.72 Å². The zero-order valence-corrected chi connectivity index (χ0v) is 15.7. The molecule has 0 saturated heterocycles. The topological polar surface area (TPSA) is 58.2 Å². The van der Waals surface area contributed by atoms with E-state index in [1.54, 1.807) is 0 Å². The Morgan fingerprint density at radius 1 is 1.22 bits per heavy atom. The lowest BCUT2D eigenvalue weighted by molar-refractivity contribution is 0.270. The Bertz CT molecular complexity index is 996. The van der Waals surface area contributed by atoms with E-state index < -0.39 is 0 Å². The van der Waals surface area contributed by atoms with Crippen molar-refractivity contribution < 1.29 is 4.74 Å². The number of para-hydroxylation sites is 1. The molecule has 4 rings (SSSR count). The molecule has 1 aliphatic heterocycles. The summed E-state index contributed by atoms with van der Waals surface area (Å²) in [4.78, 5) is 22.1. The standard InChI is InChI=1S/C22H25N3O2/c1-2-25(12-5-6-16-9-10-20-17(14-16)11-13-27-20)15-21-23-19-8-4-3-7-18(19)22(26)24-21/h3-4,7-10,14H,2,5-6,11-13,15H2,1H3,(H,23,24,26). The molecule has 0 radical (unpaired) electrons. The number of fused-ring (bicyclic) bond motifs is 2. The molecule has 140 valence electrons. The summed E-state index contributed by atoms with van der Waals surface area (Å²) in [6.45, 7) is 5.51. The van der Waals surface area contributed by atoms with Gasteiger partial charge in [-0.05, 0) is 55.3 Å². The first kappa shape index (κ1) is 17.7. The zero-order valence-electron chi connectivity index (χ0n) is 15.7. The van der Waals surface area contributed by atoms with Crippen LogP contribution in [0.1, 0.15) is 30.3 Å². The molecule has 2 heterocycles. The fraction of sp³-hybridized carbons (Fsp3) is 0.364. The number of aromatic amines is 1. The van der Waals surface area contributed by atoms with Crippen molar-refractivity contribution in [3.63, 3.8) is 0 Å². The minimum atomic E-state index is -0.0630. The van der Waals surface area contributed by atoms with Gasteiger partial charge >= 0.3 is 0 Å². The van der Waals surface area contributed by atoms with Crippen molar-refractivity contribution in [1.29, 1.82) is 0 Å². The van der Waals surface area contributed by atoms with Gasteiger partial charge in [0.05, 0.1) is 24.1 Å². The smallest absolute Gasteiger partial charge is 0.258 e. The molecule has 5 nitrogen and oxygen atoms in total. The van der Waals surface area contributed by atoms with Gasteiger partial charge in [-0.3, -0.25) is 9.69 Å². The van der Waals surface area contributed by atoms with E-state index >= 15 is 0 Å². The Morgan fingerprint density at radius 3 is 3.00 bits per heavy atom. The molecule has 0 amide bonds. The number of nitrogens with zero attached hydrogens (tertiary/aromatic N) is 2. The fourth-order valence-electron chi connectivity index (χ4n) is 3.67. The maximum atomic E-state index is 12.2. The van der Waals surface area contributed by atoms with Crippen LogP contribution in [0.15, 0.2) is 47.3 Å². The predicted octanol–water partition coefficient (Wildman–Crippen LogP) is 3.31. The number of rotatable bonds is 7. The summed E-state index contributed by atoms with van der Waals surface area (Å²) in [5.74, 6) is 1.77. The average Bonchev–Trinajstić information content (AvgIpc) is 3.15. The summed E-state index contributed by atoms with van der Waals surface area (Å²) in [5, 5.41) is 0.643. The minimum absolute atomic E-state index is 0.0630. The summed E-state index contributed by atoms with van der Waals surface area (Å²) >= 11 is 0. The first-order valence-electron chi connectivity index (χ1n) is 9.68. The van der Waals surface area contributed by atoms with Crippen LogP contribution in [0, 0.1) is 0 Å². The van der Waals surface area contributed by atoms with Crippen molar-refractivity contribution in [2.24, 2.45) is 0 Å². The molecule has 2 aromatic carbocycles. The second kappa shape index (κ2) is 7.92. The van der Waals surface area contributed by atoms with Crippen molar-refractivity contribution in [1.82, 2.24) is 14.9 Å². The molecule has 0 unspecified atom stereocenters. The number of aromatic nitrogens is 2. The highest BCUT2D eigenvalue weighted by molar-refractivity contribution is 5.77. The van der Waals surface area contributed by atoms with E-state index in [1.807, 2.05) is 24.3 Å². The van der Waals surface area contributed by atoms with Crippen molar-refractivity contribution in [2.45, 2.75) is 32.7 Å². The van der Waals surface area contributed by atoms with Gasteiger partial charge in [-0.15, -0.1) is 0 Å². The Labute approximate surface area is 159 Å². The third-order valence-corrected chi connectivity index (χ3v) is 5.18. The van der Waals surface area contributed by atoms with Gasteiger partial charge in [-0.2, -0.15) is 0 Å². The van der Waals surface area contributed by atoms with Gasteiger partial charge in [0.2, 0.25) is 0 Å². The Balaban J connectivity index is 1.37. The molecule has 27 heavy (non-hydrogen) atoms. The maximum absolute atomic E-state index is 12.2. The van der Waals surface area contributed by atoms with E-state index in [0.29, 0.717) is 11.9 Å². The summed E-state index contributed by atoms with van der Waals surface area (Å²) in [7, 11) is 0. The van der Waals surface area contributed by atoms with E-state index in [-0.39, 0.29) is 5.56 Å². The van der Waals surface area contributed by atoms with Crippen LogP contribution in [0.25, 0.3) is 10.9 Å². The Kier molecular flexibility index (Phi) is 5.21. The third kappa shape index (κ3) is 4.03. The first-order chi connectivity index (χ1) is 13.2. The molecular weight excluding hydrogens is 338 g/mol. The maximum Gasteiger partial charge on any atom is 0.258 e. The van der Waals surface area contributed by atoms with Gasteiger partial charge in [0.15, 0.2) is 0 Å². The number of aryl methyl sites for hydroxylation is 1. The second-order valence-electron chi connectivity index (χ2n) is 7.04.